The number of unbranched alkanes of at least 4 members (excludes halogenated alkanes) is 3. The summed E-state index contributed by atoms with van der Waals surface area (Å²) in [4.78, 5) is 14.4. The molecule has 1 saturated heterocycles. The Bertz CT molecular complexity index is 477. The highest BCUT2D eigenvalue weighted by Gasteiger charge is 2.42. The van der Waals surface area contributed by atoms with Crippen LogP contribution in [0.15, 0.2) is 30.3 Å². The fourth-order valence-corrected chi connectivity index (χ4v) is 3.30. The van der Waals surface area contributed by atoms with Gasteiger partial charge in [0.25, 0.3) is 0 Å². The van der Waals surface area contributed by atoms with Crippen molar-refractivity contribution in [1.82, 2.24) is 10.2 Å². The molecular weight excluding hydrogens is 286 g/mol. The summed E-state index contributed by atoms with van der Waals surface area (Å²) in [6.07, 6.45) is 5.73. The van der Waals surface area contributed by atoms with Crippen LogP contribution in [0.4, 0.5) is 0 Å². The average molecular weight is 317 g/mol. The second kappa shape index (κ2) is 9.04. The van der Waals surface area contributed by atoms with Crippen molar-refractivity contribution < 1.29 is 4.79 Å². The van der Waals surface area contributed by atoms with Crippen molar-refractivity contribution >= 4 is 5.91 Å². The van der Waals surface area contributed by atoms with Gasteiger partial charge in [-0.15, -0.1) is 0 Å². The Kier molecular flexibility index (Phi) is 7.06. The minimum Gasteiger partial charge on any atom is -0.325 e. The molecule has 0 radical (unpaired) electrons. The first-order valence-electron chi connectivity index (χ1n) is 8.98. The molecule has 0 bridgehead atoms. The van der Waals surface area contributed by atoms with Crippen LogP contribution in [0.25, 0.3) is 0 Å². The van der Waals surface area contributed by atoms with Gasteiger partial charge in [-0.05, 0) is 18.4 Å². The summed E-state index contributed by atoms with van der Waals surface area (Å²) in [6, 6.07) is 10.1. The third kappa shape index (κ3) is 4.79. The summed E-state index contributed by atoms with van der Waals surface area (Å²) < 4.78 is 0. The van der Waals surface area contributed by atoms with E-state index in [1.165, 1.54) is 24.8 Å². The molecule has 1 heterocycles. The van der Waals surface area contributed by atoms with Crippen LogP contribution < -0.4 is 11.1 Å². The molecule has 23 heavy (non-hydrogen) atoms. The van der Waals surface area contributed by atoms with Crippen LogP contribution in [-0.2, 0) is 11.2 Å². The van der Waals surface area contributed by atoms with Gasteiger partial charge in [-0.3, -0.25) is 10.1 Å². The fourth-order valence-electron chi connectivity index (χ4n) is 3.30. The smallest absolute Gasteiger partial charge is 0.241 e. The highest BCUT2D eigenvalue weighted by atomic mass is 16.2. The van der Waals surface area contributed by atoms with Gasteiger partial charge >= 0.3 is 0 Å². The first-order valence-corrected chi connectivity index (χ1v) is 8.98. The quantitative estimate of drug-likeness (QED) is 0.688. The second-order valence-corrected chi connectivity index (χ2v) is 6.61. The lowest BCUT2D eigenvalue weighted by Gasteiger charge is -2.28. The Labute approximate surface area is 140 Å². The molecule has 0 aromatic heterocycles. The molecule has 4 heteroatoms. The maximum absolute atomic E-state index is 12.4. The molecule has 1 aliphatic rings. The van der Waals surface area contributed by atoms with Gasteiger partial charge in [0.05, 0.1) is 12.2 Å². The minimum absolute atomic E-state index is 0.0721. The van der Waals surface area contributed by atoms with Gasteiger partial charge in [-0.2, -0.15) is 0 Å². The predicted octanol–water partition coefficient (Wildman–Crippen LogP) is 2.53. The maximum Gasteiger partial charge on any atom is 0.241 e. The van der Waals surface area contributed by atoms with Crippen molar-refractivity contribution in [2.24, 2.45) is 11.7 Å². The molecule has 2 rings (SSSR count). The lowest BCUT2D eigenvalue weighted by atomic mass is 10.0. The third-order valence-corrected chi connectivity index (χ3v) is 4.83. The molecule has 0 saturated carbocycles. The van der Waals surface area contributed by atoms with E-state index in [1.54, 1.807) is 0 Å². The number of nitrogens with one attached hydrogen (secondary N) is 1. The van der Waals surface area contributed by atoms with Crippen LogP contribution in [0.5, 0.6) is 0 Å². The monoisotopic (exact) mass is 317 g/mol. The molecule has 3 unspecified atom stereocenters. The van der Waals surface area contributed by atoms with E-state index in [0.717, 1.165) is 25.9 Å². The van der Waals surface area contributed by atoms with Gasteiger partial charge in [-0.25, -0.2) is 0 Å². The van der Waals surface area contributed by atoms with Gasteiger partial charge < -0.3 is 10.6 Å². The zero-order chi connectivity index (χ0) is 16.7. The van der Waals surface area contributed by atoms with Crippen molar-refractivity contribution in [2.75, 3.05) is 13.1 Å². The number of hydrogen-bond acceptors (Lipinski definition) is 3. The highest BCUT2D eigenvalue weighted by molar-refractivity contribution is 5.84. The zero-order valence-electron chi connectivity index (χ0n) is 14.5. The summed E-state index contributed by atoms with van der Waals surface area (Å²) in [6.45, 7) is 5.96. The van der Waals surface area contributed by atoms with Crippen LogP contribution in [-0.4, -0.2) is 36.1 Å². The first-order chi connectivity index (χ1) is 11.1. The van der Waals surface area contributed by atoms with Gasteiger partial charge in [0, 0.05) is 19.0 Å². The number of amides is 1. The Hall–Kier alpha value is -1.39. The minimum atomic E-state index is -0.365. The normalized spacial score (nSPS) is 24.4. The van der Waals surface area contributed by atoms with Crippen LogP contribution in [0.1, 0.15) is 45.1 Å². The topological polar surface area (TPSA) is 58.4 Å². The number of carbonyl (C=O) groups excluding carboxylic acids is 1. The average Bonchev–Trinajstić information content (AvgIpc) is 2.77. The number of hydrogen-bond donors (Lipinski definition) is 2. The van der Waals surface area contributed by atoms with E-state index in [9.17, 15) is 4.79 Å². The molecule has 1 aromatic carbocycles. The van der Waals surface area contributed by atoms with Crippen molar-refractivity contribution in [1.29, 1.82) is 0 Å². The Morgan fingerprint density at radius 3 is 2.61 bits per heavy atom. The van der Waals surface area contributed by atoms with E-state index < -0.39 is 0 Å². The predicted molar refractivity (Wildman–Crippen MR) is 94.9 cm³/mol. The summed E-state index contributed by atoms with van der Waals surface area (Å²) in [5, 5.41) is 3.56. The number of likely N-dealkylation sites (tertiary alicyclic amines) is 1. The molecule has 3 atom stereocenters. The van der Waals surface area contributed by atoms with Crippen LogP contribution >= 0.6 is 0 Å². The van der Waals surface area contributed by atoms with E-state index in [1.807, 2.05) is 11.0 Å². The highest BCUT2D eigenvalue weighted by Crippen LogP contribution is 2.23. The zero-order valence-corrected chi connectivity index (χ0v) is 14.5. The molecule has 4 nitrogen and oxygen atoms in total. The molecule has 1 aliphatic heterocycles. The molecule has 0 aliphatic carbocycles. The third-order valence-electron chi connectivity index (χ3n) is 4.83. The summed E-state index contributed by atoms with van der Waals surface area (Å²) >= 11 is 0. The van der Waals surface area contributed by atoms with Crippen molar-refractivity contribution in [3.63, 3.8) is 0 Å². The lowest BCUT2D eigenvalue weighted by molar-refractivity contribution is -0.130. The van der Waals surface area contributed by atoms with Gasteiger partial charge in [0.2, 0.25) is 5.91 Å². The van der Waals surface area contributed by atoms with E-state index in [4.69, 9.17) is 5.73 Å². The van der Waals surface area contributed by atoms with Gasteiger partial charge in [0.15, 0.2) is 0 Å². The van der Waals surface area contributed by atoms with Gasteiger partial charge in [-0.1, -0.05) is 63.4 Å². The number of carbonyl (C=O) groups is 1. The number of rotatable bonds is 9. The molecule has 1 aromatic rings. The second-order valence-electron chi connectivity index (χ2n) is 6.61. The van der Waals surface area contributed by atoms with Crippen molar-refractivity contribution in [3.8, 4) is 0 Å². The Morgan fingerprint density at radius 2 is 1.91 bits per heavy atom. The van der Waals surface area contributed by atoms with Crippen LogP contribution in [0.3, 0.4) is 0 Å². The molecule has 3 N–H and O–H groups in total. The van der Waals surface area contributed by atoms with Crippen LogP contribution in [0, 0.1) is 5.92 Å². The van der Waals surface area contributed by atoms with Crippen molar-refractivity contribution in [2.45, 2.75) is 58.2 Å². The fraction of sp³-hybridized carbons (Fsp3) is 0.632. The van der Waals surface area contributed by atoms with E-state index in [2.05, 4.69) is 43.4 Å². The number of nitrogens with two attached hydrogens (primary N) is 1. The Morgan fingerprint density at radius 1 is 1.17 bits per heavy atom. The van der Waals surface area contributed by atoms with Crippen LogP contribution in [0.2, 0.25) is 0 Å². The Balaban J connectivity index is 1.86. The van der Waals surface area contributed by atoms with E-state index in [0.29, 0.717) is 0 Å². The van der Waals surface area contributed by atoms with E-state index >= 15 is 0 Å². The van der Waals surface area contributed by atoms with Gasteiger partial charge in [0.1, 0.15) is 0 Å². The maximum atomic E-state index is 12.4. The molecule has 1 fully saturated rings. The largest absolute Gasteiger partial charge is 0.325 e. The molecule has 128 valence electrons. The summed E-state index contributed by atoms with van der Waals surface area (Å²) in [5.41, 5.74) is 7.40. The summed E-state index contributed by atoms with van der Waals surface area (Å²) in [7, 11) is 0. The number of benzene rings is 1. The van der Waals surface area contributed by atoms with E-state index in [-0.39, 0.29) is 24.0 Å². The molecular formula is C19H31N3O. The van der Waals surface area contributed by atoms with Crippen molar-refractivity contribution in [3.05, 3.63) is 35.9 Å². The number of nitrogens with zero attached hydrogens (tertiary/aromatic N) is 1. The summed E-state index contributed by atoms with van der Waals surface area (Å²) in [5.74, 6) is 0.260. The molecule has 1 amide bonds. The first kappa shape index (κ1) is 18.0. The standard InChI is InChI=1S/C19H31N3O/c1-3-4-5-9-14-22-18(15(2)17(20)19(22)23)21-13-12-16-10-7-6-8-11-16/h6-8,10-11,15,17-18,21H,3-5,9,12-14,20H2,1-2H3. The SMILES string of the molecule is CCCCCCN1C(=O)C(N)C(C)C1NCCc1ccccc1. The molecule has 0 spiro atoms. The lowest BCUT2D eigenvalue weighted by Crippen LogP contribution is -2.46.